The van der Waals surface area contributed by atoms with Crippen molar-refractivity contribution in [3.05, 3.63) is 65.6 Å². The molecule has 0 bridgehead atoms. The van der Waals surface area contributed by atoms with Gasteiger partial charge in [0.2, 0.25) is 0 Å². The Morgan fingerprint density at radius 3 is 2.70 bits per heavy atom. The topological polar surface area (TPSA) is 30.7 Å². The number of nitrogens with zero attached hydrogens (tertiary/aromatic N) is 3. The van der Waals surface area contributed by atoms with Crippen molar-refractivity contribution >= 4 is 33.9 Å². The summed E-state index contributed by atoms with van der Waals surface area (Å²) in [5.74, 6) is 1.01. The first-order valence-corrected chi connectivity index (χ1v) is 8.40. The molecule has 4 heteroatoms. The number of aromatic nitrogens is 3. The molecule has 0 aliphatic carbocycles. The Labute approximate surface area is 139 Å². The summed E-state index contributed by atoms with van der Waals surface area (Å²) in [6.07, 6.45) is 1.83. The highest BCUT2D eigenvalue weighted by Gasteiger charge is 2.13. The number of aryl methyl sites for hydroxylation is 3. The Morgan fingerprint density at radius 1 is 0.957 bits per heavy atom. The van der Waals surface area contributed by atoms with Crippen molar-refractivity contribution < 1.29 is 0 Å². The molecule has 0 amide bonds. The van der Waals surface area contributed by atoms with E-state index in [2.05, 4.69) is 60.1 Å². The fourth-order valence-electron chi connectivity index (χ4n) is 2.84. The van der Waals surface area contributed by atoms with Crippen LogP contribution in [0.25, 0.3) is 21.9 Å². The summed E-state index contributed by atoms with van der Waals surface area (Å²) in [5.41, 5.74) is 5.81. The van der Waals surface area contributed by atoms with Crippen molar-refractivity contribution in [3.8, 4) is 0 Å². The zero-order chi connectivity index (χ0) is 16.0. The molecule has 0 aliphatic heterocycles. The van der Waals surface area contributed by atoms with Crippen LogP contribution in [0.3, 0.4) is 0 Å². The second-order valence-corrected chi connectivity index (χ2v) is 6.73. The minimum Gasteiger partial charge on any atom is -0.265 e. The van der Waals surface area contributed by atoms with Gasteiger partial charge in [0.1, 0.15) is 5.82 Å². The number of pyridine rings is 1. The summed E-state index contributed by atoms with van der Waals surface area (Å²) in [4.78, 5) is 10.4. The van der Waals surface area contributed by atoms with Crippen molar-refractivity contribution in [2.45, 2.75) is 25.7 Å². The molecule has 4 aromatic rings. The highest BCUT2D eigenvalue weighted by molar-refractivity contribution is 7.98. The van der Waals surface area contributed by atoms with Crippen LogP contribution in [0.1, 0.15) is 17.0 Å². The molecule has 4 rings (SSSR count). The molecule has 0 radical (unpaired) electrons. The van der Waals surface area contributed by atoms with Crippen LogP contribution in [-0.2, 0) is 0 Å². The Bertz CT molecular complexity index is 1030. The van der Waals surface area contributed by atoms with Crippen molar-refractivity contribution in [2.75, 3.05) is 0 Å². The van der Waals surface area contributed by atoms with Crippen LogP contribution >= 0.6 is 11.9 Å². The first kappa shape index (κ1) is 14.3. The molecule has 0 unspecified atom stereocenters. The number of imidazole rings is 1. The van der Waals surface area contributed by atoms with Gasteiger partial charge in [-0.3, -0.25) is 8.96 Å². The van der Waals surface area contributed by atoms with Crippen LogP contribution < -0.4 is 0 Å². The summed E-state index contributed by atoms with van der Waals surface area (Å²) in [6.45, 7) is 6.33. The smallest absolute Gasteiger partial charge is 0.117 e. The molecule has 3 nitrogen and oxygen atoms in total. The zero-order valence-corrected chi connectivity index (χ0v) is 14.2. The van der Waals surface area contributed by atoms with E-state index in [9.17, 15) is 0 Å². The molecule has 2 aromatic carbocycles. The Balaban J connectivity index is 1.90. The van der Waals surface area contributed by atoms with Crippen molar-refractivity contribution in [2.24, 2.45) is 0 Å². The van der Waals surface area contributed by atoms with Gasteiger partial charge in [-0.05, 0) is 68.1 Å². The van der Waals surface area contributed by atoms with E-state index < -0.39 is 0 Å². The second-order valence-electron chi connectivity index (χ2n) is 5.75. The van der Waals surface area contributed by atoms with Crippen LogP contribution in [0.5, 0.6) is 0 Å². The van der Waals surface area contributed by atoms with Gasteiger partial charge in [0, 0.05) is 16.5 Å². The molecule has 2 heterocycles. The van der Waals surface area contributed by atoms with Gasteiger partial charge < -0.3 is 0 Å². The van der Waals surface area contributed by atoms with E-state index in [1.54, 1.807) is 11.9 Å². The maximum absolute atomic E-state index is 4.78. The predicted molar refractivity (Wildman–Crippen MR) is 96.9 cm³/mol. The van der Waals surface area contributed by atoms with E-state index >= 15 is 0 Å². The van der Waals surface area contributed by atoms with Gasteiger partial charge in [0.15, 0.2) is 0 Å². The van der Waals surface area contributed by atoms with E-state index in [0.717, 1.165) is 22.4 Å². The van der Waals surface area contributed by atoms with Crippen molar-refractivity contribution in [3.63, 3.8) is 0 Å². The Morgan fingerprint density at radius 2 is 1.83 bits per heavy atom. The lowest BCUT2D eigenvalue weighted by Gasteiger charge is -2.09. The van der Waals surface area contributed by atoms with Crippen LogP contribution in [0.2, 0.25) is 0 Å². The normalized spacial score (nSPS) is 11.4. The molecule has 0 saturated heterocycles. The van der Waals surface area contributed by atoms with Crippen LogP contribution in [0, 0.1) is 20.8 Å². The fraction of sp³-hybridized carbons (Fsp3) is 0.158. The molecule has 0 spiro atoms. The lowest BCUT2D eigenvalue weighted by molar-refractivity contribution is 1.11. The molecular weight excluding hydrogens is 302 g/mol. The van der Waals surface area contributed by atoms with Crippen molar-refractivity contribution in [1.29, 1.82) is 0 Å². The third-order valence-corrected chi connectivity index (χ3v) is 5.46. The van der Waals surface area contributed by atoms with Crippen LogP contribution in [-0.4, -0.2) is 13.9 Å². The number of benzene rings is 2. The summed E-state index contributed by atoms with van der Waals surface area (Å²) < 4.78 is 2.21. The largest absolute Gasteiger partial charge is 0.265 e. The molecule has 0 aliphatic rings. The summed E-state index contributed by atoms with van der Waals surface area (Å²) in [6, 6.07) is 14.7. The average molecular weight is 319 g/mol. The molecule has 2 aromatic heterocycles. The number of fused-ring (bicyclic) bond motifs is 2. The van der Waals surface area contributed by atoms with E-state index in [0.29, 0.717) is 0 Å². The average Bonchev–Trinajstić information content (AvgIpc) is 2.88. The maximum atomic E-state index is 4.78. The fourth-order valence-corrected chi connectivity index (χ4v) is 3.87. The SMILES string of the molecule is Cc1ccc2c(nc(C)n2Sc2cccc3ncccc23)c1C. The van der Waals surface area contributed by atoms with Crippen LogP contribution in [0.15, 0.2) is 53.6 Å². The third kappa shape index (κ3) is 2.30. The number of hydrogen-bond acceptors (Lipinski definition) is 3. The Kier molecular flexibility index (Phi) is 3.34. The van der Waals surface area contributed by atoms with Gasteiger partial charge in [-0.2, -0.15) is 0 Å². The van der Waals surface area contributed by atoms with Gasteiger partial charge in [-0.1, -0.05) is 18.2 Å². The summed E-state index contributed by atoms with van der Waals surface area (Å²) in [7, 11) is 0. The van der Waals surface area contributed by atoms with Gasteiger partial charge in [-0.15, -0.1) is 0 Å². The maximum Gasteiger partial charge on any atom is 0.117 e. The minimum absolute atomic E-state index is 1.01. The molecule has 0 saturated carbocycles. The third-order valence-electron chi connectivity index (χ3n) is 4.26. The van der Waals surface area contributed by atoms with Gasteiger partial charge in [0.05, 0.1) is 16.6 Å². The highest BCUT2D eigenvalue weighted by atomic mass is 32.2. The van der Waals surface area contributed by atoms with E-state index in [1.807, 2.05) is 18.3 Å². The summed E-state index contributed by atoms with van der Waals surface area (Å²) in [5, 5.41) is 1.17. The molecule has 114 valence electrons. The van der Waals surface area contributed by atoms with Gasteiger partial charge >= 0.3 is 0 Å². The van der Waals surface area contributed by atoms with Gasteiger partial charge in [0.25, 0.3) is 0 Å². The molecule has 23 heavy (non-hydrogen) atoms. The van der Waals surface area contributed by atoms with E-state index in [-0.39, 0.29) is 0 Å². The molecular formula is C19H17N3S. The highest BCUT2D eigenvalue weighted by Crippen LogP contribution is 2.33. The Hall–Kier alpha value is -2.33. The molecule has 0 N–H and O–H groups in total. The molecule has 0 atom stereocenters. The predicted octanol–water partition coefficient (Wildman–Crippen LogP) is 5.07. The summed E-state index contributed by atoms with van der Waals surface area (Å²) >= 11 is 1.71. The van der Waals surface area contributed by atoms with Crippen LogP contribution in [0.4, 0.5) is 0 Å². The van der Waals surface area contributed by atoms with Gasteiger partial charge in [-0.25, -0.2) is 4.98 Å². The minimum atomic E-state index is 1.01. The lowest BCUT2D eigenvalue weighted by atomic mass is 10.1. The lowest BCUT2D eigenvalue weighted by Crippen LogP contribution is -1.91. The zero-order valence-electron chi connectivity index (χ0n) is 13.4. The van der Waals surface area contributed by atoms with E-state index in [1.165, 1.54) is 21.4 Å². The first-order chi connectivity index (χ1) is 11.1. The molecule has 0 fully saturated rings. The van der Waals surface area contributed by atoms with Crippen molar-refractivity contribution in [1.82, 2.24) is 13.9 Å². The monoisotopic (exact) mass is 319 g/mol. The number of rotatable bonds is 2. The quantitative estimate of drug-likeness (QED) is 0.517. The number of hydrogen-bond donors (Lipinski definition) is 0. The standard InChI is InChI=1S/C19H17N3S/c1-12-9-10-17-19(13(12)2)21-14(3)22(17)23-18-8-4-7-16-15(18)6-5-11-20-16/h4-11H,1-3H3. The first-order valence-electron chi connectivity index (χ1n) is 7.62. The van der Waals surface area contributed by atoms with E-state index in [4.69, 9.17) is 4.98 Å². The second kappa shape index (κ2) is 5.39.